The number of nitrogens with zero attached hydrogens (tertiary/aromatic N) is 4. The van der Waals surface area contributed by atoms with Crippen molar-refractivity contribution >= 4 is 53.2 Å². The second-order valence-electron chi connectivity index (χ2n) is 7.60. The van der Waals surface area contributed by atoms with E-state index >= 15 is 0 Å². The number of primary sulfonamides is 1. The number of thiazole rings is 1. The molecule has 210 valence electrons. The largest absolute Gasteiger partial charge is 0.483 e. The van der Waals surface area contributed by atoms with Gasteiger partial charge >= 0.3 is 0 Å². The van der Waals surface area contributed by atoms with Gasteiger partial charge in [-0.25, -0.2) is 45.6 Å². The van der Waals surface area contributed by atoms with Crippen molar-refractivity contribution in [3.05, 3.63) is 30.3 Å². The molecular formula is C19H21F2N9O6S3. The Morgan fingerprint density at radius 3 is 2.44 bits per heavy atom. The molecule has 0 amide bonds. The number of alkyl halides is 2. The molecule has 20 heteroatoms. The van der Waals surface area contributed by atoms with Gasteiger partial charge < -0.3 is 16.6 Å². The first-order chi connectivity index (χ1) is 18.3. The summed E-state index contributed by atoms with van der Waals surface area (Å²) in [6, 6.07) is 5.88. The number of halogens is 2. The van der Waals surface area contributed by atoms with Crippen molar-refractivity contribution in [3.8, 4) is 22.5 Å². The zero-order valence-electron chi connectivity index (χ0n) is 19.5. The molecule has 0 fully saturated rings. The number of sulfonamides is 2. The number of rotatable bonds is 9. The van der Waals surface area contributed by atoms with E-state index in [9.17, 15) is 25.6 Å². The molecule has 15 nitrogen and oxygen atoms in total. The first-order valence-electron chi connectivity index (χ1n) is 10.5. The number of hydrogen-bond donors (Lipinski definition) is 6. The first-order valence-corrected chi connectivity index (χ1v) is 14.4. The van der Waals surface area contributed by atoms with Gasteiger partial charge in [-0.05, 0) is 34.5 Å². The lowest BCUT2D eigenvalue weighted by Gasteiger charge is -2.17. The molecule has 1 atom stereocenters. The molecule has 1 unspecified atom stereocenters. The maximum atomic E-state index is 13.1. The van der Waals surface area contributed by atoms with E-state index in [1.54, 1.807) is 18.2 Å². The molecule has 39 heavy (non-hydrogen) atoms. The Morgan fingerprint density at radius 2 is 1.85 bits per heavy atom. The van der Waals surface area contributed by atoms with E-state index in [0.29, 0.717) is 15.8 Å². The van der Waals surface area contributed by atoms with Crippen LogP contribution in [-0.4, -0.2) is 73.0 Å². The van der Waals surface area contributed by atoms with Crippen molar-refractivity contribution in [2.24, 2.45) is 10.9 Å². The van der Waals surface area contributed by atoms with E-state index in [2.05, 4.69) is 30.3 Å². The number of nitrogens with one attached hydrogen (secondary N) is 2. The summed E-state index contributed by atoms with van der Waals surface area (Å²) < 4.78 is 79.9. The third kappa shape index (κ3) is 6.66. The summed E-state index contributed by atoms with van der Waals surface area (Å²) in [7, 11) is -9.30. The number of carboxylic acid groups (broad SMARTS) is 1. The number of fused-ring (bicyclic) bond motifs is 1. The second kappa shape index (κ2) is 12.0. The van der Waals surface area contributed by atoms with Crippen molar-refractivity contribution in [3.63, 3.8) is 0 Å². The summed E-state index contributed by atoms with van der Waals surface area (Å²) in [4.78, 5) is 11.1. The van der Waals surface area contributed by atoms with Gasteiger partial charge in [0.2, 0.25) is 20.0 Å². The average Bonchev–Trinajstić information content (AvgIpc) is 3.51. The number of hydrogen-bond acceptors (Lipinski definition) is 12. The van der Waals surface area contributed by atoms with Crippen LogP contribution in [-0.2, 0) is 24.8 Å². The van der Waals surface area contributed by atoms with Crippen molar-refractivity contribution in [2.75, 3.05) is 12.3 Å². The third-order valence-corrected chi connectivity index (χ3v) is 8.57. The molecule has 0 bridgehead atoms. The molecule has 2 aromatic carbocycles. The Labute approximate surface area is 223 Å². The van der Waals surface area contributed by atoms with Crippen molar-refractivity contribution in [1.29, 1.82) is 0 Å². The maximum Gasteiger partial charge on any atom is 0.290 e. The molecule has 2 heterocycles. The predicted octanol–water partition coefficient (Wildman–Crippen LogP) is 0.335. The van der Waals surface area contributed by atoms with E-state index in [1.165, 1.54) is 17.4 Å². The van der Waals surface area contributed by atoms with Crippen molar-refractivity contribution in [1.82, 2.24) is 30.3 Å². The number of nitrogen functional groups attached to an aromatic ring is 1. The van der Waals surface area contributed by atoms with Crippen LogP contribution in [0.25, 0.3) is 32.7 Å². The van der Waals surface area contributed by atoms with Gasteiger partial charge in [0.15, 0.2) is 11.0 Å². The highest BCUT2D eigenvalue weighted by atomic mass is 32.2. The molecule has 0 saturated carbocycles. The minimum absolute atomic E-state index is 0.189. The van der Waals surface area contributed by atoms with Gasteiger partial charge in [0, 0.05) is 12.1 Å². The Kier molecular flexibility index (Phi) is 9.19. The number of H-pyrrole nitrogens is 1. The van der Waals surface area contributed by atoms with Crippen LogP contribution in [0.3, 0.4) is 0 Å². The molecule has 2 aromatic heterocycles. The summed E-state index contributed by atoms with van der Waals surface area (Å²) in [5, 5.41) is 25.8. The predicted molar refractivity (Wildman–Crippen MR) is 136 cm³/mol. The van der Waals surface area contributed by atoms with E-state index in [-0.39, 0.29) is 28.6 Å². The molecule has 0 aliphatic heterocycles. The summed E-state index contributed by atoms with van der Waals surface area (Å²) in [6.07, 6.45) is -3.26. The fourth-order valence-electron chi connectivity index (χ4n) is 3.53. The summed E-state index contributed by atoms with van der Waals surface area (Å²) in [5.74, 6) is -0.189. The highest BCUT2D eigenvalue weighted by Gasteiger charge is 2.32. The van der Waals surface area contributed by atoms with E-state index in [0.717, 1.165) is 6.07 Å². The fraction of sp³-hybridized carbons (Fsp3) is 0.211. The van der Waals surface area contributed by atoms with Crippen LogP contribution in [0.2, 0.25) is 0 Å². The van der Waals surface area contributed by atoms with Gasteiger partial charge in [-0.1, -0.05) is 29.5 Å². The second-order valence-corrected chi connectivity index (χ2v) is 11.9. The Bertz CT molecular complexity index is 1680. The molecule has 0 saturated heterocycles. The van der Waals surface area contributed by atoms with Crippen LogP contribution in [0.5, 0.6) is 0 Å². The lowest BCUT2D eigenvalue weighted by atomic mass is 9.98. The number of para-hydroxylation sites is 1. The lowest BCUT2D eigenvalue weighted by Crippen LogP contribution is -2.35. The smallest absolute Gasteiger partial charge is 0.290 e. The number of benzene rings is 2. The number of tetrazole rings is 1. The zero-order chi connectivity index (χ0) is 29.0. The van der Waals surface area contributed by atoms with Crippen LogP contribution in [0.4, 0.5) is 13.9 Å². The number of aromatic amines is 1. The van der Waals surface area contributed by atoms with Crippen LogP contribution in [0.15, 0.2) is 40.1 Å². The molecule has 4 aromatic rings. The van der Waals surface area contributed by atoms with Gasteiger partial charge in [0.05, 0.1) is 21.8 Å². The monoisotopic (exact) mass is 605 g/mol. The van der Waals surface area contributed by atoms with Gasteiger partial charge in [0.25, 0.3) is 12.9 Å². The van der Waals surface area contributed by atoms with Gasteiger partial charge in [0.1, 0.15) is 9.79 Å². The van der Waals surface area contributed by atoms with Crippen LogP contribution < -0.4 is 21.3 Å². The number of carbonyl (C=O) groups is 1. The minimum Gasteiger partial charge on any atom is -0.483 e. The quantitative estimate of drug-likeness (QED) is 0.141. The van der Waals surface area contributed by atoms with Crippen LogP contribution in [0, 0.1) is 0 Å². The molecule has 0 aliphatic carbocycles. The normalized spacial score (nSPS) is 12.7. The van der Waals surface area contributed by atoms with Gasteiger partial charge in [-0.2, -0.15) is 0 Å². The minimum atomic E-state index is -4.73. The number of aromatic nitrogens is 5. The molecule has 0 spiro atoms. The Hall–Kier alpha value is -3.69. The number of anilines is 1. The van der Waals surface area contributed by atoms with Crippen molar-refractivity contribution in [2.45, 2.75) is 28.7 Å². The fourth-order valence-corrected chi connectivity index (χ4v) is 6.94. The van der Waals surface area contributed by atoms with Crippen molar-refractivity contribution < 1.29 is 35.5 Å². The first kappa shape index (κ1) is 29.9. The Morgan fingerprint density at radius 1 is 1.15 bits per heavy atom. The average molecular weight is 606 g/mol. The molecule has 4 rings (SSSR count). The number of nitrogens with two attached hydrogens (primary N) is 3. The molecule has 9 N–H and O–H groups in total. The van der Waals surface area contributed by atoms with E-state index in [4.69, 9.17) is 26.5 Å². The van der Waals surface area contributed by atoms with Crippen LogP contribution >= 0.6 is 11.3 Å². The molecular weight excluding hydrogens is 584 g/mol. The van der Waals surface area contributed by atoms with Gasteiger partial charge in [-0.15, -0.1) is 5.10 Å². The topological polar surface area (TPSA) is 263 Å². The Balaban J connectivity index is 0.00000134. The van der Waals surface area contributed by atoms with E-state index < -0.39 is 55.3 Å². The summed E-state index contributed by atoms with van der Waals surface area (Å²) in [5.41, 5.74) is 11.9. The molecule has 0 aliphatic rings. The highest BCUT2D eigenvalue weighted by molar-refractivity contribution is 7.92. The summed E-state index contributed by atoms with van der Waals surface area (Å²) in [6.45, 7) is -0.726. The summed E-state index contributed by atoms with van der Waals surface area (Å²) >= 11 is 1.20. The maximum absolute atomic E-state index is 13.1. The standard InChI is InChI=1S/C18H19F2N9O4S3.CH2O2/c19-16(20)10(21)6-7-24-36(32,33)12-5-4-8(9-2-1-3-11-14(9)25-18(22)34-11)13(15(12)35(23,30)31)17-26-28-29-27-17;2-1-3/h1-5,10,16,24H,6-7,21H2,(H2,22,25)(H2,23,30,31)(H,26,27,28,29);1H,(H,2,3). The third-order valence-electron chi connectivity index (χ3n) is 5.10. The van der Waals surface area contributed by atoms with Crippen LogP contribution in [0.1, 0.15) is 6.42 Å². The van der Waals surface area contributed by atoms with Gasteiger partial charge in [-0.3, -0.25) is 4.79 Å². The molecule has 0 radical (unpaired) electrons. The SMILES string of the molecule is Nc1nc2c(-c3ccc(S(=O)(=O)NCCC(N)C(F)F)c(S(N)(=O)=O)c3-c3nnn[nH]3)cccc2s1.O=CO. The lowest BCUT2D eigenvalue weighted by molar-refractivity contribution is -0.122. The van der Waals surface area contributed by atoms with E-state index in [1.807, 2.05) is 0 Å². The highest BCUT2D eigenvalue weighted by Crippen LogP contribution is 2.41. The zero-order valence-corrected chi connectivity index (χ0v) is 22.0.